The number of aryl methyl sites for hydroxylation is 2. The third kappa shape index (κ3) is 5.45. The van der Waals surface area contributed by atoms with Gasteiger partial charge in [-0.2, -0.15) is 0 Å². The zero-order valence-corrected chi connectivity index (χ0v) is 15.9. The van der Waals surface area contributed by atoms with E-state index in [1.165, 1.54) is 9.88 Å². The van der Waals surface area contributed by atoms with Gasteiger partial charge < -0.3 is 15.4 Å². The van der Waals surface area contributed by atoms with Crippen molar-refractivity contribution in [2.45, 2.75) is 58.7 Å². The second-order valence-corrected chi connectivity index (χ2v) is 7.57. The highest BCUT2D eigenvalue weighted by atomic mass is 32.1. The van der Waals surface area contributed by atoms with Crippen LogP contribution in [0.4, 0.5) is 5.95 Å². The van der Waals surface area contributed by atoms with Gasteiger partial charge in [0.05, 0.1) is 16.8 Å². The molecule has 6 nitrogen and oxygen atoms in total. The van der Waals surface area contributed by atoms with Crippen LogP contribution in [0.1, 0.15) is 47.3 Å². The van der Waals surface area contributed by atoms with Crippen LogP contribution >= 0.6 is 11.3 Å². The van der Waals surface area contributed by atoms with E-state index in [9.17, 15) is 0 Å². The van der Waals surface area contributed by atoms with Gasteiger partial charge in [0.1, 0.15) is 0 Å². The van der Waals surface area contributed by atoms with Gasteiger partial charge >= 0.3 is 0 Å². The molecule has 3 rings (SSSR count). The minimum atomic E-state index is 0.296. The Morgan fingerprint density at radius 2 is 2.12 bits per heavy atom. The number of hydrogen-bond acceptors (Lipinski definition) is 7. The summed E-state index contributed by atoms with van der Waals surface area (Å²) < 4.78 is 5.59. The minimum Gasteiger partial charge on any atom is -0.376 e. The lowest BCUT2D eigenvalue weighted by molar-refractivity contribution is 0.120. The monoisotopic (exact) mass is 361 g/mol. The third-order valence-electron chi connectivity index (χ3n) is 4.23. The quantitative estimate of drug-likeness (QED) is 0.715. The lowest BCUT2D eigenvalue weighted by atomic mass is 10.2. The summed E-state index contributed by atoms with van der Waals surface area (Å²) in [6, 6.07) is 0. The Morgan fingerprint density at radius 1 is 1.28 bits per heavy atom. The van der Waals surface area contributed by atoms with Crippen LogP contribution in [0.5, 0.6) is 0 Å². The highest BCUT2D eigenvalue weighted by Crippen LogP contribution is 2.19. The van der Waals surface area contributed by atoms with Crippen molar-refractivity contribution in [1.29, 1.82) is 0 Å². The molecular weight excluding hydrogens is 334 g/mol. The average molecular weight is 362 g/mol. The van der Waals surface area contributed by atoms with Crippen LogP contribution in [-0.4, -0.2) is 34.2 Å². The van der Waals surface area contributed by atoms with E-state index in [4.69, 9.17) is 4.74 Å². The van der Waals surface area contributed by atoms with E-state index in [1.807, 2.05) is 23.7 Å². The summed E-state index contributed by atoms with van der Waals surface area (Å²) >= 11 is 1.81. The largest absolute Gasteiger partial charge is 0.376 e. The first kappa shape index (κ1) is 18.2. The van der Waals surface area contributed by atoms with Gasteiger partial charge in [0, 0.05) is 49.1 Å². The van der Waals surface area contributed by atoms with Gasteiger partial charge in [-0.05, 0) is 32.6 Å². The van der Waals surface area contributed by atoms with Crippen LogP contribution in [0, 0.1) is 6.92 Å². The molecule has 3 heterocycles. The van der Waals surface area contributed by atoms with E-state index in [-0.39, 0.29) is 0 Å². The van der Waals surface area contributed by atoms with E-state index in [0.29, 0.717) is 12.1 Å². The third-order valence-corrected chi connectivity index (χ3v) is 5.45. The summed E-state index contributed by atoms with van der Waals surface area (Å²) in [5, 5.41) is 7.94. The number of ether oxygens (including phenoxy) is 1. The Hall–Kier alpha value is -1.57. The molecule has 0 unspecified atom stereocenters. The first-order chi connectivity index (χ1) is 12.2. The van der Waals surface area contributed by atoms with Crippen LogP contribution in [0.15, 0.2) is 12.4 Å². The second kappa shape index (κ2) is 9.22. The number of nitrogens with one attached hydrogen (secondary N) is 2. The molecule has 2 N–H and O–H groups in total. The topological polar surface area (TPSA) is 72.0 Å². The van der Waals surface area contributed by atoms with Gasteiger partial charge in [-0.25, -0.2) is 15.0 Å². The van der Waals surface area contributed by atoms with Crippen molar-refractivity contribution in [3.8, 4) is 0 Å². The van der Waals surface area contributed by atoms with Crippen molar-refractivity contribution in [3.63, 3.8) is 0 Å². The maximum atomic E-state index is 5.59. The molecule has 0 saturated carbocycles. The molecule has 0 spiro atoms. The van der Waals surface area contributed by atoms with Gasteiger partial charge in [0.25, 0.3) is 0 Å². The molecule has 0 aromatic carbocycles. The van der Waals surface area contributed by atoms with Gasteiger partial charge in [-0.15, -0.1) is 11.3 Å². The van der Waals surface area contributed by atoms with Crippen LogP contribution in [0.25, 0.3) is 0 Å². The highest BCUT2D eigenvalue weighted by molar-refractivity contribution is 7.11. The fourth-order valence-corrected chi connectivity index (χ4v) is 3.98. The molecule has 1 aliphatic heterocycles. The molecule has 25 heavy (non-hydrogen) atoms. The molecule has 136 valence electrons. The summed E-state index contributed by atoms with van der Waals surface area (Å²) in [4.78, 5) is 14.7. The molecular formula is C18H27N5OS. The predicted molar refractivity (Wildman–Crippen MR) is 101 cm³/mol. The molecule has 0 amide bonds. The fraction of sp³-hybridized carbons (Fsp3) is 0.611. The number of rotatable bonds is 9. The smallest absolute Gasteiger partial charge is 0.222 e. The lowest BCUT2D eigenvalue weighted by Gasteiger charge is -2.10. The van der Waals surface area contributed by atoms with Crippen LogP contribution < -0.4 is 10.6 Å². The summed E-state index contributed by atoms with van der Waals surface area (Å²) in [7, 11) is 0. The molecule has 7 heteroatoms. The summed E-state index contributed by atoms with van der Waals surface area (Å²) in [5.41, 5.74) is 2.23. The van der Waals surface area contributed by atoms with Gasteiger partial charge in [0.15, 0.2) is 0 Å². The molecule has 0 radical (unpaired) electrons. The summed E-state index contributed by atoms with van der Waals surface area (Å²) in [5.74, 6) is 0.668. The van der Waals surface area contributed by atoms with E-state index >= 15 is 0 Å². The highest BCUT2D eigenvalue weighted by Gasteiger charge is 2.15. The molecule has 1 fully saturated rings. The van der Waals surface area contributed by atoms with Crippen molar-refractivity contribution in [2.24, 2.45) is 0 Å². The summed E-state index contributed by atoms with van der Waals surface area (Å²) in [6.07, 6.45) is 8.53. The SMILES string of the molecule is CCCc1nc(C)c(CNCc2cnc(NC[C@H]3CCCO3)nc2)s1. The predicted octanol–water partition coefficient (Wildman–Crippen LogP) is 3.07. The molecule has 2 aromatic rings. The molecule has 0 aliphatic carbocycles. The molecule has 1 atom stereocenters. The van der Waals surface area contributed by atoms with Crippen LogP contribution in [-0.2, 0) is 24.2 Å². The Balaban J connectivity index is 1.42. The Labute approximate surface area is 153 Å². The first-order valence-electron chi connectivity index (χ1n) is 9.07. The zero-order valence-electron chi connectivity index (χ0n) is 15.0. The van der Waals surface area contributed by atoms with E-state index < -0.39 is 0 Å². The minimum absolute atomic E-state index is 0.296. The van der Waals surface area contributed by atoms with Crippen LogP contribution in [0.2, 0.25) is 0 Å². The number of hydrogen-bond donors (Lipinski definition) is 2. The average Bonchev–Trinajstić information content (AvgIpc) is 3.25. The molecule has 2 aromatic heterocycles. The van der Waals surface area contributed by atoms with E-state index in [1.54, 1.807) is 0 Å². The maximum absolute atomic E-state index is 5.59. The Bertz CT molecular complexity index is 652. The van der Waals surface area contributed by atoms with Crippen molar-refractivity contribution in [1.82, 2.24) is 20.3 Å². The van der Waals surface area contributed by atoms with Gasteiger partial charge in [0.2, 0.25) is 5.95 Å². The van der Waals surface area contributed by atoms with Crippen molar-refractivity contribution < 1.29 is 4.74 Å². The maximum Gasteiger partial charge on any atom is 0.222 e. The number of nitrogens with zero attached hydrogens (tertiary/aromatic N) is 3. The van der Waals surface area contributed by atoms with E-state index in [0.717, 1.165) is 63.2 Å². The molecule has 1 saturated heterocycles. The van der Waals surface area contributed by atoms with E-state index in [2.05, 4.69) is 39.4 Å². The van der Waals surface area contributed by atoms with Crippen molar-refractivity contribution in [2.75, 3.05) is 18.5 Å². The zero-order chi connectivity index (χ0) is 17.5. The van der Waals surface area contributed by atoms with Gasteiger partial charge in [-0.3, -0.25) is 0 Å². The van der Waals surface area contributed by atoms with Crippen molar-refractivity contribution in [3.05, 3.63) is 33.5 Å². The fourth-order valence-electron chi connectivity index (χ4n) is 2.84. The van der Waals surface area contributed by atoms with Crippen molar-refractivity contribution >= 4 is 17.3 Å². The molecule has 0 bridgehead atoms. The molecule has 1 aliphatic rings. The number of aromatic nitrogens is 3. The lowest BCUT2D eigenvalue weighted by Crippen LogP contribution is -2.19. The van der Waals surface area contributed by atoms with Gasteiger partial charge in [-0.1, -0.05) is 6.92 Å². The summed E-state index contributed by atoms with van der Waals surface area (Å²) in [6.45, 7) is 7.52. The number of thiazole rings is 1. The Kier molecular flexibility index (Phi) is 6.72. The second-order valence-electron chi connectivity index (χ2n) is 6.40. The van der Waals surface area contributed by atoms with Crippen LogP contribution in [0.3, 0.4) is 0 Å². The standard InChI is InChI=1S/C18H27N5OS/c1-3-5-17-23-13(2)16(25-17)12-19-8-14-9-20-18(21-10-14)22-11-15-6-4-7-24-15/h9-10,15,19H,3-8,11-12H2,1-2H3,(H,20,21,22)/t15-/m1/s1. The first-order valence-corrected chi connectivity index (χ1v) is 9.88. The Morgan fingerprint density at radius 3 is 2.84 bits per heavy atom. The normalized spacial score (nSPS) is 17.1. The number of anilines is 1.